The van der Waals surface area contributed by atoms with Gasteiger partial charge in [0, 0.05) is 0 Å². The van der Waals surface area contributed by atoms with Gasteiger partial charge in [0.15, 0.2) is 0 Å². The summed E-state index contributed by atoms with van der Waals surface area (Å²) in [5.74, 6) is -0.671. The molecule has 0 aliphatic rings. The van der Waals surface area contributed by atoms with Crippen LogP contribution < -0.4 is 0 Å². The van der Waals surface area contributed by atoms with Crippen molar-refractivity contribution in [3.63, 3.8) is 0 Å². The number of methoxy groups -OCH3 is 1. The van der Waals surface area contributed by atoms with E-state index in [4.69, 9.17) is 4.74 Å². The summed E-state index contributed by atoms with van der Waals surface area (Å²) in [4.78, 5) is 23.5. The Kier molecular flexibility index (Phi) is 6.32. The summed E-state index contributed by atoms with van der Waals surface area (Å²) >= 11 is 0. The lowest BCUT2D eigenvalue weighted by molar-refractivity contribution is -0.143. The van der Waals surface area contributed by atoms with Crippen molar-refractivity contribution in [3.05, 3.63) is 77.4 Å². The van der Waals surface area contributed by atoms with E-state index >= 15 is 0 Å². The Morgan fingerprint density at radius 1 is 0.958 bits per heavy atom. The molecule has 0 atom stereocenters. The van der Waals surface area contributed by atoms with Crippen molar-refractivity contribution < 1.29 is 19.1 Å². The Labute approximate surface area is 141 Å². The van der Waals surface area contributed by atoms with E-state index < -0.39 is 0 Å². The first-order valence-electron chi connectivity index (χ1n) is 7.67. The molecule has 0 N–H and O–H groups in total. The summed E-state index contributed by atoms with van der Waals surface area (Å²) in [5, 5.41) is 0. The first-order chi connectivity index (χ1) is 11.6. The molecular weight excluding hydrogens is 304 g/mol. The molecule has 0 heterocycles. The van der Waals surface area contributed by atoms with Crippen LogP contribution in [0.25, 0.3) is 5.57 Å². The first-order valence-corrected chi connectivity index (χ1v) is 7.67. The normalized spacial score (nSPS) is 11.0. The quantitative estimate of drug-likeness (QED) is 0.753. The average Bonchev–Trinajstić information content (AvgIpc) is 2.64. The fraction of sp³-hybridized carbons (Fsp3) is 0.200. The number of carbonyl (C=O) groups is 2. The van der Waals surface area contributed by atoms with Crippen LogP contribution in [-0.2, 0) is 20.9 Å². The van der Waals surface area contributed by atoms with Crippen molar-refractivity contribution in [1.29, 1.82) is 0 Å². The molecule has 24 heavy (non-hydrogen) atoms. The van der Waals surface area contributed by atoms with Gasteiger partial charge in [-0.25, -0.2) is 4.79 Å². The van der Waals surface area contributed by atoms with Gasteiger partial charge < -0.3 is 9.47 Å². The summed E-state index contributed by atoms with van der Waals surface area (Å²) in [6.07, 6.45) is 2.05. The average molecular weight is 324 g/mol. The fourth-order valence-corrected chi connectivity index (χ4v) is 2.25. The Morgan fingerprint density at radius 3 is 2.17 bits per heavy atom. The maximum absolute atomic E-state index is 12.0. The molecule has 0 aliphatic heterocycles. The van der Waals surface area contributed by atoms with Gasteiger partial charge in [-0.15, -0.1) is 0 Å². The predicted molar refractivity (Wildman–Crippen MR) is 92.3 cm³/mol. The lowest BCUT2D eigenvalue weighted by Gasteiger charge is -2.09. The third-order valence-corrected chi connectivity index (χ3v) is 3.60. The molecule has 2 aromatic rings. The summed E-state index contributed by atoms with van der Waals surface area (Å²) in [5.41, 5.74) is 3.16. The zero-order valence-electron chi connectivity index (χ0n) is 13.8. The number of allylic oxidation sites excluding steroid dienone is 1. The van der Waals surface area contributed by atoms with Crippen LogP contribution in [0.15, 0.2) is 60.7 Å². The van der Waals surface area contributed by atoms with Gasteiger partial charge in [0.1, 0.15) is 6.61 Å². The second-order valence-corrected chi connectivity index (χ2v) is 5.21. The second-order valence-electron chi connectivity index (χ2n) is 5.21. The standard InChI is InChI=1S/C20H20O4/c1-3-16(17-9-11-18(12-10-17)20(22)23-2)13-19(21)24-14-15-7-5-4-6-8-15/h3-12H,13-14H2,1-2H3/b16-3+. The van der Waals surface area contributed by atoms with Crippen molar-refractivity contribution in [2.24, 2.45) is 0 Å². The molecule has 0 bridgehead atoms. The van der Waals surface area contributed by atoms with Gasteiger partial charge in [-0.2, -0.15) is 0 Å². The monoisotopic (exact) mass is 324 g/mol. The van der Waals surface area contributed by atoms with Gasteiger partial charge >= 0.3 is 11.9 Å². The summed E-state index contributed by atoms with van der Waals surface area (Å²) in [6.45, 7) is 2.13. The number of esters is 2. The minimum absolute atomic E-state index is 0.181. The Balaban J connectivity index is 1.96. The fourth-order valence-electron chi connectivity index (χ4n) is 2.25. The largest absolute Gasteiger partial charge is 0.465 e. The highest BCUT2D eigenvalue weighted by atomic mass is 16.5. The molecule has 0 radical (unpaired) electrons. The van der Waals surface area contributed by atoms with Crippen LogP contribution in [0.5, 0.6) is 0 Å². The molecular formula is C20H20O4. The minimum atomic E-state index is -0.383. The van der Waals surface area contributed by atoms with Crippen LogP contribution in [0, 0.1) is 0 Å². The van der Waals surface area contributed by atoms with Crippen LogP contribution >= 0.6 is 0 Å². The van der Waals surface area contributed by atoms with Crippen molar-refractivity contribution >= 4 is 17.5 Å². The van der Waals surface area contributed by atoms with Gasteiger partial charge in [0.05, 0.1) is 19.1 Å². The van der Waals surface area contributed by atoms with Crippen molar-refractivity contribution in [3.8, 4) is 0 Å². The summed E-state index contributed by atoms with van der Waals surface area (Å²) in [7, 11) is 1.34. The number of hydrogen-bond donors (Lipinski definition) is 0. The molecule has 2 rings (SSSR count). The van der Waals surface area contributed by atoms with Crippen molar-refractivity contribution in [1.82, 2.24) is 0 Å². The van der Waals surface area contributed by atoms with Crippen molar-refractivity contribution in [2.45, 2.75) is 20.0 Å². The molecule has 4 heteroatoms. The Hall–Kier alpha value is -2.88. The molecule has 0 aliphatic carbocycles. The van der Waals surface area contributed by atoms with E-state index in [2.05, 4.69) is 4.74 Å². The van der Waals surface area contributed by atoms with E-state index in [0.717, 1.165) is 16.7 Å². The highest BCUT2D eigenvalue weighted by molar-refractivity contribution is 5.90. The number of benzene rings is 2. The topological polar surface area (TPSA) is 52.6 Å². The molecule has 0 fully saturated rings. The maximum Gasteiger partial charge on any atom is 0.337 e. The molecule has 2 aromatic carbocycles. The summed E-state index contributed by atoms with van der Waals surface area (Å²) in [6, 6.07) is 16.5. The molecule has 0 saturated carbocycles. The number of rotatable bonds is 6. The number of carbonyl (C=O) groups excluding carboxylic acids is 2. The molecule has 0 amide bonds. The predicted octanol–water partition coefficient (Wildman–Crippen LogP) is 4.01. The third kappa shape index (κ3) is 4.81. The van der Waals surface area contributed by atoms with Gasteiger partial charge in [-0.05, 0) is 35.8 Å². The van der Waals surface area contributed by atoms with E-state index in [1.165, 1.54) is 7.11 Å². The molecule has 0 aromatic heterocycles. The van der Waals surface area contributed by atoms with Gasteiger partial charge in [-0.3, -0.25) is 4.79 Å². The van der Waals surface area contributed by atoms with Gasteiger partial charge in [0.25, 0.3) is 0 Å². The molecule has 124 valence electrons. The van der Waals surface area contributed by atoms with Crippen LogP contribution in [0.2, 0.25) is 0 Å². The van der Waals surface area contributed by atoms with Crippen LogP contribution in [0.3, 0.4) is 0 Å². The summed E-state index contributed by atoms with van der Waals surface area (Å²) < 4.78 is 9.98. The maximum atomic E-state index is 12.0. The zero-order chi connectivity index (χ0) is 17.4. The molecule has 0 unspecified atom stereocenters. The molecule has 4 nitrogen and oxygen atoms in total. The highest BCUT2D eigenvalue weighted by Gasteiger charge is 2.11. The van der Waals surface area contributed by atoms with Gasteiger partial charge in [-0.1, -0.05) is 48.5 Å². The SMILES string of the molecule is C/C=C(\CC(=O)OCc1ccccc1)c1ccc(C(=O)OC)cc1. The van der Waals surface area contributed by atoms with E-state index in [1.54, 1.807) is 24.3 Å². The van der Waals surface area contributed by atoms with Crippen LogP contribution in [0.4, 0.5) is 0 Å². The third-order valence-electron chi connectivity index (χ3n) is 3.60. The van der Waals surface area contributed by atoms with E-state index in [-0.39, 0.29) is 25.0 Å². The molecule has 0 saturated heterocycles. The van der Waals surface area contributed by atoms with Crippen LogP contribution in [-0.4, -0.2) is 19.0 Å². The number of ether oxygens (including phenoxy) is 2. The first kappa shape index (κ1) is 17.5. The van der Waals surface area contributed by atoms with E-state index in [0.29, 0.717) is 5.56 Å². The number of hydrogen-bond acceptors (Lipinski definition) is 4. The second kappa shape index (κ2) is 8.67. The van der Waals surface area contributed by atoms with Crippen molar-refractivity contribution in [2.75, 3.05) is 7.11 Å². The smallest absolute Gasteiger partial charge is 0.337 e. The van der Waals surface area contributed by atoms with E-state index in [1.807, 2.05) is 43.3 Å². The lowest BCUT2D eigenvalue weighted by Crippen LogP contribution is -2.06. The zero-order valence-corrected chi connectivity index (χ0v) is 13.8. The molecule has 0 spiro atoms. The Bertz CT molecular complexity index is 715. The minimum Gasteiger partial charge on any atom is -0.465 e. The highest BCUT2D eigenvalue weighted by Crippen LogP contribution is 2.20. The van der Waals surface area contributed by atoms with Crippen LogP contribution in [0.1, 0.15) is 34.8 Å². The Morgan fingerprint density at radius 2 is 1.58 bits per heavy atom. The lowest BCUT2D eigenvalue weighted by atomic mass is 10.0. The van der Waals surface area contributed by atoms with Gasteiger partial charge in [0.2, 0.25) is 0 Å². The van der Waals surface area contributed by atoms with E-state index in [9.17, 15) is 9.59 Å².